The SMILES string of the molecule is Cc1nn(-c2ccccc2)nc1C(=O)OCC(=O)N1c2ccccc2CCC1C. The van der Waals surface area contributed by atoms with Gasteiger partial charge in [-0.15, -0.1) is 5.10 Å². The molecule has 1 aliphatic heterocycles. The molecule has 0 fully saturated rings. The topological polar surface area (TPSA) is 77.3 Å². The first-order chi connectivity index (χ1) is 14.0. The number of hydrogen-bond donors (Lipinski definition) is 0. The maximum atomic E-state index is 12.8. The van der Waals surface area contributed by atoms with Gasteiger partial charge in [0.1, 0.15) is 0 Å². The van der Waals surface area contributed by atoms with Crippen LogP contribution in [0.2, 0.25) is 0 Å². The van der Waals surface area contributed by atoms with Gasteiger partial charge in [-0.05, 0) is 50.5 Å². The zero-order valence-corrected chi connectivity index (χ0v) is 16.4. The van der Waals surface area contributed by atoms with E-state index < -0.39 is 5.97 Å². The number of esters is 1. The number of carbonyl (C=O) groups excluding carboxylic acids is 2. The molecule has 148 valence electrons. The molecular weight excluding hydrogens is 368 g/mol. The van der Waals surface area contributed by atoms with Crippen LogP contribution >= 0.6 is 0 Å². The molecule has 3 aromatic rings. The summed E-state index contributed by atoms with van der Waals surface area (Å²) in [5.41, 5.74) is 3.31. The van der Waals surface area contributed by atoms with Gasteiger partial charge in [0, 0.05) is 11.7 Å². The summed E-state index contributed by atoms with van der Waals surface area (Å²) < 4.78 is 5.29. The van der Waals surface area contributed by atoms with Gasteiger partial charge < -0.3 is 9.64 Å². The zero-order valence-electron chi connectivity index (χ0n) is 16.4. The number of rotatable bonds is 4. The van der Waals surface area contributed by atoms with Gasteiger partial charge in [0.05, 0.1) is 11.4 Å². The van der Waals surface area contributed by atoms with Gasteiger partial charge in [0.2, 0.25) is 0 Å². The van der Waals surface area contributed by atoms with Crippen molar-refractivity contribution in [2.45, 2.75) is 32.7 Å². The molecule has 0 spiro atoms. The van der Waals surface area contributed by atoms with E-state index in [1.54, 1.807) is 11.8 Å². The van der Waals surface area contributed by atoms with Crippen molar-refractivity contribution >= 4 is 17.6 Å². The highest BCUT2D eigenvalue weighted by Gasteiger charge is 2.29. The Morgan fingerprint density at radius 2 is 1.79 bits per heavy atom. The van der Waals surface area contributed by atoms with Crippen LogP contribution in [-0.4, -0.2) is 39.5 Å². The Kier molecular flexibility index (Phi) is 5.12. The zero-order chi connectivity index (χ0) is 20.4. The van der Waals surface area contributed by atoms with Gasteiger partial charge in [0.15, 0.2) is 12.3 Å². The quantitative estimate of drug-likeness (QED) is 0.640. The Bertz CT molecular complexity index is 1050. The molecule has 7 nitrogen and oxygen atoms in total. The molecule has 0 N–H and O–H groups in total. The van der Waals surface area contributed by atoms with Gasteiger partial charge in [0.25, 0.3) is 5.91 Å². The number of anilines is 1. The van der Waals surface area contributed by atoms with E-state index in [0.29, 0.717) is 5.69 Å². The molecule has 1 aromatic heterocycles. The van der Waals surface area contributed by atoms with Crippen LogP contribution in [0.25, 0.3) is 5.69 Å². The predicted octanol–water partition coefficient (Wildman–Crippen LogP) is 3.10. The third-order valence-corrected chi connectivity index (χ3v) is 5.08. The van der Waals surface area contributed by atoms with Crippen molar-refractivity contribution in [3.63, 3.8) is 0 Å². The number of benzene rings is 2. The van der Waals surface area contributed by atoms with Crippen LogP contribution in [0, 0.1) is 6.92 Å². The van der Waals surface area contributed by atoms with Crippen molar-refractivity contribution < 1.29 is 14.3 Å². The molecule has 2 aromatic carbocycles. The first kappa shape index (κ1) is 18.9. The van der Waals surface area contributed by atoms with E-state index in [1.807, 2.05) is 61.5 Å². The summed E-state index contributed by atoms with van der Waals surface area (Å²) >= 11 is 0. The minimum Gasteiger partial charge on any atom is -0.451 e. The number of carbonyl (C=O) groups is 2. The molecule has 2 heterocycles. The molecule has 0 saturated carbocycles. The average Bonchev–Trinajstić information content (AvgIpc) is 3.14. The lowest BCUT2D eigenvalue weighted by molar-refractivity contribution is -0.122. The summed E-state index contributed by atoms with van der Waals surface area (Å²) in [6, 6.07) is 17.2. The number of ether oxygens (including phenoxy) is 1. The van der Waals surface area contributed by atoms with Gasteiger partial charge in [-0.25, -0.2) is 4.79 Å². The Balaban J connectivity index is 1.47. The van der Waals surface area contributed by atoms with Crippen molar-refractivity contribution in [3.05, 3.63) is 71.5 Å². The summed E-state index contributed by atoms with van der Waals surface area (Å²) in [5, 5.41) is 8.50. The van der Waals surface area contributed by atoms with E-state index in [4.69, 9.17) is 4.74 Å². The smallest absolute Gasteiger partial charge is 0.361 e. The number of amides is 1. The van der Waals surface area contributed by atoms with Crippen molar-refractivity contribution in [2.75, 3.05) is 11.5 Å². The van der Waals surface area contributed by atoms with Crippen LogP contribution in [0.15, 0.2) is 54.6 Å². The van der Waals surface area contributed by atoms with Crippen molar-refractivity contribution in [1.29, 1.82) is 0 Å². The predicted molar refractivity (Wildman–Crippen MR) is 108 cm³/mol. The first-order valence-corrected chi connectivity index (χ1v) is 9.61. The second-order valence-corrected chi connectivity index (χ2v) is 7.12. The monoisotopic (exact) mass is 390 g/mol. The lowest BCUT2D eigenvalue weighted by atomic mass is 9.96. The molecule has 1 unspecified atom stereocenters. The summed E-state index contributed by atoms with van der Waals surface area (Å²) in [6.45, 7) is 3.36. The van der Waals surface area contributed by atoms with E-state index in [0.717, 1.165) is 29.8 Å². The lowest BCUT2D eigenvalue weighted by Gasteiger charge is -2.35. The molecule has 1 amide bonds. The molecule has 4 rings (SSSR count). The van der Waals surface area contributed by atoms with E-state index >= 15 is 0 Å². The highest BCUT2D eigenvalue weighted by molar-refractivity contribution is 5.98. The largest absolute Gasteiger partial charge is 0.451 e. The first-order valence-electron chi connectivity index (χ1n) is 9.61. The molecule has 1 aliphatic rings. The number of para-hydroxylation sites is 2. The number of hydrogen-bond acceptors (Lipinski definition) is 5. The number of nitrogens with zero attached hydrogens (tertiary/aromatic N) is 4. The van der Waals surface area contributed by atoms with Gasteiger partial charge >= 0.3 is 5.97 Å². The standard InChI is InChI=1S/C22H22N4O3/c1-15-12-13-17-8-6-7-11-19(17)25(15)20(27)14-29-22(28)21-16(2)23-26(24-21)18-9-4-3-5-10-18/h3-11,15H,12-14H2,1-2H3. The Morgan fingerprint density at radius 1 is 1.07 bits per heavy atom. The van der Waals surface area contributed by atoms with E-state index in [2.05, 4.69) is 10.2 Å². The molecule has 0 saturated heterocycles. The van der Waals surface area contributed by atoms with Crippen LogP contribution in [0.4, 0.5) is 5.69 Å². The van der Waals surface area contributed by atoms with Crippen molar-refractivity contribution in [2.24, 2.45) is 0 Å². The fraction of sp³-hybridized carbons (Fsp3) is 0.273. The highest BCUT2D eigenvalue weighted by Crippen LogP contribution is 2.30. The molecular formula is C22H22N4O3. The van der Waals surface area contributed by atoms with Gasteiger partial charge in [-0.3, -0.25) is 4.79 Å². The molecule has 29 heavy (non-hydrogen) atoms. The summed E-state index contributed by atoms with van der Waals surface area (Å²) in [6.07, 6.45) is 1.81. The van der Waals surface area contributed by atoms with Crippen LogP contribution in [-0.2, 0) is 16.0 Å². The molecule has 0 radical (unpaired) electrons. The molecule has 1 atom stereocenters. The summed E-state index contributed by atoms with van der Waals surface area (Å²) in [7, 11) is 0. The summed E-state index contributed by atoms with van der Waals surface area (Å²) in [5.74, 6) is -0.901. The fourth-order valence-corrected chi connectivity index (χ4v) is 3.58. The fourth-order valence-electron chi connectivity index (χ4n) is 3.58. The molecule has 7 heteroatoms. The highest BCUT2D eigenvalue weighted by atomic mass is 16.5. The normalized spacial score (nSPS) is 15.7. The Morgan fingerprint density at radius 3 is 2.59 bits per heavy atom. The minimum atomic E-state index is -0.657. The van der Waals surface area contributed by atoms with Crippen molar-refractivity contribution in [1.82, 2.24) is 15.0 Å². The van der Waals surface area contributed by atoms with Crippen LogP contribution in [0.5, 0.6) is 0 Å². The van der Waals surface area contributed by atoms with E-state index in [-0.39, 0.29) is 24.2 Å². The number of aromatic nitrogens is 3. The lowest BCUT2D eigenvalue weighted by Crippen LogP contribution is -2.44. The Hall–Kier alpha value is -3.48. The van der Waals surface area contributed by atoms with Gasteiger partial charge in [-0.2, -0.15) is 9.90 Å². The maximum Gasteiger partial charge on any atom is 0.361 e. The Labute approximate surface area is 168 Å². The number of fused-ring (bicyclic) bond motifs is 1. The summed E-state index contributed by atoms with van der Waals surface area (Å²) in [4.78, 5) is 28.4. The third kappa shape index (κ3) is 3.76. The van der Waals surface area contributed by atoms with E-state index in [9.17, 15) is 9.59 Å². The third-order valence-electron chi connectivity index (χ3n) is 5.08. The average molecular weight is 390 g/mol. The van der Waals surface area contributed by atoms with Crippen LogP contribution in [0.1, 0.15) is 35.1 Å². The number of aryl methyl sites for hydroxylation is 2. The van der Waals surface area contributed by atoms with Crippen LogP contribution < -0.4 is 4.90 Å². The maximum absolute atomic E-state index is 12.8. The van der Waals surface area contributed by atoms with Crippen molar-refractivity contribution in [3.8, 4) is 5.69 Å². The molecule has 0 bridgehead atoms. The molecule has 0 aliphatic carbocycles. The van der Waals surface area contributed by atoms with Crippen LogP contribution in [0.3, 0.4) is 0 Å². The second kappa shape index (κ2) is 7.87. The van der Waals surface area contributed by atoms with Gasteiger partial charge in [-0.1, -0.05) is 36.4 Å². The minimum absolute atomic E-state index is 0.0526. The second-order valence-electron chi connectivity index (χ2n) is 7.12. The van der Waals surface area contributed by atoms with E-state index in [1.165, 1.54) is 4.80 Å².